The number of rotatable bonds is 4. The van der Waals surface area contributed by atoms with E-state index in [2.05, 4.69) is 4.98 Å². The number of halogens is 2. The van der Waals surface area contributed by atoms with Crippen molar-refractivity contribution in [1.82, 2.24) is 4.98 Å². The van der Waals surface area contributed by atoms with Gasteiger partial charge in [0.15, 0.2) is 0 Å². The zero-order valence-corrected chi connectivity index (χ0v) is 13.4. The van der Waals surface area contributed by atoms with E-state index >= 15 is 0 Å². The van der Waals surface area contributed by atoms with Gasteiger partial charge in [-0.05, 0) is 36.2 Å². The number of nitrogens with zero attached hydrogens (tertiary/aromatic N) is 1. The highest BCUT2D eigenvalue weighted by atomic mass is 35.5. The van der Waals surface area contributed by atoms with Crippen LogP contribution in [0.25, 0.3) is 10.2 Å². The Labute approximate surface area is 137 Å². The van der Waals surface area contributed by atoms with Crippen LogP contribution in [0.3, 0.4) is 0 Å². The zero-order chi connectivity index (χ0) is 14.8. The number of fused-ring (bicyclic) bond motifs is 1. The van der Waals surface area contributed by atoms with Crippen LogP contribution in [0.15, 0.2) is 42.5 Å². The molecule has 0 spiro atoms. The average molecular weight is 338 g/mol. The minimum absolute atomic E-state index is 0.484. The number of aromatic nitrogens is 1. The lowest BCUT2D eigenvalue weighted by molar-refractivity contribution is 0.175. The molecule has 1 heterocycles. The summed E-state index contributed by atoms with van der Waals surface area (Å²) in [6, 6.07) is 13.4. The smallest absolute Gasteiger partial charge is 0.0964 e. The second kappa shape index (κ2) is 6.32. The monoisotopic (exact) mass is 337 g/mol. The van der Waals surface area contributed by atoms with Crippen molar-refractivity contribution in [2.24, 2.45) is 0 Å². The highest BCUT2D eigenvalue weighted by Crippen LogP contribution is 2.25. The maximum atomic E-state index is 10.2. The van der Waals surface area contributed by atoms with E-state index in [1.165, 1.54) is 0 Å². The zero-order valence-electron chi connectivity index (χ0n) is 11.1. The van der Waals surface area contributed by atoms with Gasteiger partial charge in [-0.15, -0.1) is 11.3 Å². The highest BCUT2D eigenvalue weighted by molar-refractivity contribution is 7.18. The SMILES string of the molecule is OC(Cc1ccc(Cl)c(Cl)c1)Cc1nc2ccccc2s1. The van der Waals surface area contributed by atoms with Crippen molar-refractivity contribution in [2.45, 2.75) is 18.9 Å². The largest absolute Gasteiger partial charge is 0.392 e. The second-order valence-electron chi connectivity index (χ2n) is 4.89. The molecule has 0 aliphatic carbocycles. The summed E-state index contributed by atoms with van der Waals surface area (Å²) >= 11 is 13.5. The number of benzene rings is 2. The summed E-state index contributed by atoms with van der Waals surface area (Å²) in [5, 5.41) is 12.2. The molecule has 5 heteroatoms. The van der Waals surface area contributed by atoms with Crippen molar-refractivity contribution >= 4 is 44.8 Å². The Hall–Kier alpha value is -1.13. The standard InChI is InChI=1S/C16H13Cl2NOS/c17-12-6-5-10(8-13(12)18)7-11(20)9-16-19-14-3-1-2-4-15(14)21-16/h1-6,8,11,20H,7,9H2. The van der Waals surface area contributed by atoms with E-state index in [0.29, 0.717) is 22.9 Å². The summed E-state index contributed by atoms with van der Waals surface area (Å²) in [5.74, 6) is 0. The summed E-state index contributed by atoms with van der Waals surface area (Å²) in [7, 11) is 0. The number of aliphatic hydroxyl groups excluding tert-OH is 1. The Morgan fingerprint density at radius 1 is 1.05 bits per heavy atom. The number of hydrogen-bond acceptors (Lipinski definition) is 3. The molecule has 2 aromatic carbocycles. The van der Waals surface area contributed by atoms with Crippen LogP contribution >= 0.6 is 34.5 Å². The molecular formula is C16H13Cl2NOS. The Morgan fingerprint density at radius 2 is 1.86 bits per heavy atom. The lowest BCUT2D eigenvalue weighted by Crippen LogP contribution is -2.13. The third kappa shape index (κ3) is 3.55. The normalized spacial score (nSPS) is 12.7. The molecule has 0 bridgehead atoms. The van der Waals surface area contributed by atoms with Gasteiger partial charge in [0.2, 0.25) is 0 Å². The van der Waals surface area contributed by atoms with E-state index in [4.69, 9.17) is 23.2 Å². The maximum Gasteiger partial charge on any atom is 0.0964 e. The first-order chi connectivity index (χ1) is 10.1. The predicted octanol–water partition coefficient (Wildman–Crippen LogP) is 4.75. The van der Waals surface area contributed by atoms with Crippen LogP contribution in [-0.4, -0.2) is 16.2 Å². The van der Waals surface area contributed by atoms with E-state index in [0.717, 1.165) is 20.8 Å². The molecule has 1 atom stereocenters. The minimum Gasteiger partial charge on any atom is -0.392 e. The van der Waals surface area contributed by atoms with Crippen LogP contribution in [0, 0.1) is 0 Å². The lowest BCUT2D eigenvalue weighted by atomic mass is 10.1. The van der Waals surface area contributed by atoms with Crippen LogP contribution < -0.4 is 0 Å². The molecule has 3 rings (SSSR count). The molecule has 3 aromatic rings. The molecule has 1 N–H and O–H groups in total. The fourth-order valence-corrected chi connectivity index (χ4v) is 3.58. The molecular weight excluding hydrogens is 325 g/mol. The van der Waals surface area contributed by atoms with Gasteiger partial charge in [-0.3, -0.25) is 0 Å². The van der Waals surface area contributed by atoms with E-state index in [-0.39, 0.29) is 0 Å². The Kier molecular flexibility index (Phi) is 4.45. The molecule has 2 nitrogen and oxygen atoms in total. The van der Waals surface area contributed by atoms with Crippen molar-refractivity contribution < 1.29 is 5.11 Å². The molecule has 21 heavy (non-hydrogen) atoms. The van der Waals surface area contributed by atoms with Crippen molar-refractivity contribution in [1.29, 1.82) is 0 Å². The van der Waals surface area contributed by atoms with E-state index in [9.17, 15) is 5.11 Å². The Balaban J connectivity index is 1.70. The molecule has 0 aliphatic rings. The van der Waals surface area contributed by atoms with Crippen LogP contribution in [-0.2, 0) is 12.8 Å². The van der Waals surface area contributed by atoms with Crippen LogP contribution in [0.5, 0.6) is 0 Å². The first-order valence-electron chi connectivity index (χ1n) is 6.58. The fourth-order valence-electron chi connectivity index (χ4n) is 2.22. The Morgan fingerprint density at radius 3 is 2.62 bits per heavy atom. The first kappa shape index (κ1) is 14.8. The van der Waals surface area contributed by atoms with Gasteiger partial charge in [-0.1, -0.05) is 41.4 Å². The molecule has 0 fully saturated rings. The van der Waals surface area contributed by atoms with Crippen molar-refractivity contribution in [3.63, 3.8) is 0 Å². The molecule has 1 aromatic heterocycles. The van der Waals surface area contributed by atoms with Crippen LogP contribution in [0.4, 0.5) is 0 Å². The molecule has 1 unspecified atom stereocenters. The summed E-state index contributed by atoms with van der Waals surface area (Å²) in [6.07, 6.45) is 0.592. The predicted molar refractivity (Wildman–Crippen MR) is 89.5 cm³/mol. The third-order valence-corrected chi connectivity index (χ3v) is 5.00. The van der Waals surface area contributed by atoms with Gasteiger partial charge in [0.1, 0.15) is 0 Å². The molecule has 0 saturated heterocycles. The quantitative estimate of drug-likeness (QED) is 0.745. The van der Waals surface area contributed by atoms with Crippen LogP contribution in [0.2, 0.25) is 10.0 Å². The van der Waals surface area contributed by atoms with Gasteiger partial charge < -0.3 is 5.11 Å². The van der Waals surface area contributed by atoms with Gasteiger partial charge in [-0.2, -0.15) is 0 Å². The van der Waals surface area contributed by atoms with E-state index in [1.54, 1.807) is 23.5 Å². The van der Waals surface area contributed by atoms with Crippen molar-refractivity contribution in [3.8, 4) is 0 Å². The van der Waals surface area contributed by atoms with Gasteiger partial charge in [0.05, 0.1) is 31.4 Å². The Bertz CT molecular complexity index is 739. The van der Waals surface area contributed by atoms with Gasteiger partial charge >= 0.3 is 0 Å². The number of para-hydroxylation sites is 1. The highest BCUT2D eigenvalue weighted by Gasteiger charge is 2.11. The van der Waals surface area contributed by atoms with Crippen molar-refractivity contribution in [3.05, 3.63) is 63.1 Å². The summed E-state index contributed by atoms with van der Waals surface area (Å²) < 4.78 is 1.15. The number of aliphatic hydroxyl groups is 1. The van der Waals surface area contributed by atoms with E-state index in [1.807, 2.05) is 30.3 Å². The molecule has 0 amide bonds. The second-order valence-corrected chi connectivity index (χ2v) is 6.82. The molecule has 0 saturated carbocycles. The summed E-state index contributed by atoms with van der Waals surface area (Å²) in [4.78, 5) is 4.54. The maximum absolute atomic E-state index is 10.2. The fraction of sp³-hybridized carbons (Fsp3) is 0.188. The van der Waals surface area contributed by atoms with Gasteiger partial charge in [0, 0.05) is 6.42 Å². The minimum atomic E-state index is -0.484. The topological polar surface area (TPSA) is 33.1 Å². The first-order valence-corrected chi connectivity index (χ1v) is 8.15. The van der Waals surface area contributed by atoms with Gasteiger partial charge in [-0.25, -0.2) is 4.98 Å². The summed E-state index contributed by atoms with van der Waals surface area (Å²) in [6.45, 7) is 0. The van der Waals surface area contributed by atoms with Gasteiger partial charge in [0.25, 0.3) is 0 Å². The lowest BCUT2D eigenvalue weighted by Gasteiger charge is -2.09. The molecule has 108 valence electrons. The number of hydrogen-bond donors (Lipinski definition) is 1. The molecule has 0 radical (unpaired) electrons. The third-order valence-electron chi connectivity index (χ3n) is 3.20. The number of thiazole rings is 1. The van der Waals surface area contributed by atoms with Crippen molar-refractivity contribution in [2.75, 3.05) is 0 Å². The van der Waals surface area contributed by atoms with Crippen LogP contribution in [0.1, 0.15) is 10.6 Å². The average Bonchev–Trinajstić information content (AvgIpc) is 2.84. The molecule has 0 aliphatic heterocycles. The van der Waals surface area contributed by atoms with E-state index < -0.39 is 6.10 Å². The summed E-state index contributed by atoms with van der Waals surface area (Å²) in [5.41, 5.74) is 1.96.